The number of hydrogen-bond donors (Lipinski definition) is 1. The zero-order valence-corrected chi connectivity index (χ0v) is 24.5. The number of aliphatic carboxylic acids is 1. The minimum atomic E-state index is -1.43. The first kappa shape index (κ1) is 35.4. The number of rotatable bonds is 27. The Bertz CT molecular complexity index is 534. The van der Waals surface area contributed by atoms with Crippen molar-refractivity contribution in [2.75, 3.05) is 13.2 Å². The van der Waals surface area contributed by atoms with E-state index in [1.165, 1.54) is 96.8 Å². The molecule has 1 N–H and O–H groups in total. The van der Waals surface area contributed by atoms with Crippen molar-refractivity contribution < 1.29 is 29.0 Å². The minimum absolute atomic E-state index is 0.287. The Balaban J connectivity index is 3.89. The highest BCUT2D eigenvalue weighted by atomic mass is 16.6. The van der Waals surface area contributed by atoms with Crippen LogP contribution in [-0.4, -0.2) is 36.2 Å². The van der Waals surface area contributed by atoms with E-state index in [0.29, 0.717) is 12.8 Å². The zero-order chi connectivity index (χ0) is 27.6. The molecule has 0 amide bonds. The van der Waals surface area contributed by atoms with Crippen LogP contribution in [0.5, 0.6) is 0 Å². The third kappa shape index (κ3) is 22.1. The van der Waals surface area contributed by atoms with Crippen molar-refractivity contribution in [3.8, 4) is 0 Å². The molecule has 0 aromatic rings. The maximum absolute atomic E-state index is 12.1. The molecule has 0 heterocycles. The summed E-state index contributed by atoms with van der Waals surface area (Å²) in [6.07, 6.45) is 24.3. The van der Waals surface area contributed by atoms with Gasteiger partial charge >= 0.3 is 17.9 Å². The van der Waals surface area contributed by atoms with E-state index in [1.54, 1.807) is 0 Å². The number of carboxylic acids is 1. The van der Waals surface area contributed by atoms with Crippen LogP contribution in [0.4, 0.5) is 0 Å². The van der Waals surface area contributed by atoms with Gasteiger partial charge in [-0.1, -0.05) is 129 Å². The maximum Gasteiger partial charge on any atom is 0.316 e. The van der Waals surface area contributed by atoms with Gasteiger partial charge in [0.2, 0.25) is 0 Å². The molecule has 0 saturated carbocycles. The Morgan fingerprint density at radius 1 is 0.514 bits per heavy atom. The first-order chi connectivity index (χ1) is 17.9. The Morgan fingerprint density at radius 3 is 1.05 bits per heavy atom. The molecule has 0 spiro atoms. The van der Waals surface area contributed by atoms with E-state index in [-0.39, 0.29) is 25.2 Å². The molecule has 0 bridgehead atoms. The van der Waals surface area contributed by atoms with E-state index in [9.17, 15) is 19.5 Å². The molecule has 37 heavy (non-hydrogen) atoms. The summed E-state index contributed by atoms with van der Waals surface area (Å²) < 4.78 is 10.5. The van der Waals surface area contributed by atoms with Crippen molar-refractivity contribution in [3.05, 3.63) is 0 Å². The average Bonchev–Trinajstić information content (AvgIpc) is 2.88. The minimum Gasteiger partial charge on any atom is -0.481 e. The molecular weight excluding hydrogens is 468 g/mol. The van der Waals surface area contributed by atoms with Crippen LogP contribution < -0.4 is 0 Å². The van der Waals surface area contributed by atoms with Crippen molar-refractivity contribution in [1.29, 1.82) is 0 Å². The average molecular weight is 527 g/mol. The molecule has 0 aliphatic heterocycles. The molecule has 0 aliphatic rings. The Kier molecular flexibility index (Phi) is 23.7. The van der Waals surface area contributed by atoms with Crippen LogP contribution in [0.2, 0.25) is 0 Å². The van der Waals surface area contributed by atoms with Crippen LogP contribution in [0.3, 0.4) is 0 Å². The second kappa shape index (κ2) is 24.7. The number of unbranched alkanes of at least 4 members (excludes halogenated alkanes) is 18. The lowest BCUT2D eigenvalue weighted by molar-refractivity contribution is -0.165. The van der Waals surface area contributed by atoms with E-state index in [2.05, 4.69) is 13.8 Å². The summed E-state index contributed by atoms with van der Waals surface area (Å²) in [5, 5.41) is 9.60. The fraction of sp³-hybridized carbons (Fsp3) is 0.903. The van der Waals surface area contributed by atoms with Gasteiger partial charge in [-0.05, 0) is 19.8 Å². The van der Waals surface area contributed by atoms with Crippen LogP contribution in [0.1, 0.15) is 162 Å². The second-order valence-corrected chi connectivity index (χ2v) is 11.1. The summed E-state index contributed by atoms with van der Waals surface area (Å²) in [6.45, 7) is 5.33. The maximum atomic E-state index is 12.1. The number of esters is 2. The molecule has 0 unspecified atom stereocenters. The van der Waals surface area contributed by atoms with Gasteiger partial charge in [0.1, 0.15) is 18.6 Å². The number of carbonyl (C=O) groups is 3. The van der Waals surface area contributed by atoms with E-state index < -0.39 is 11.4 Å². The highest BCUT2D eigenvalue weighted by Crippen LogP contribution is 2.20. The molecule has 6 nitrogen and oxygen atoms in total. The molecule has 0 fully saturated rings. The van der Waals surface area contributed by atoms with Crippen LogP contribution >= 0.6 is 0 Å². The topological polar surface area (TPSA) is 89.9 Å². The van der Waals surface area contributed by atoms with Gasteiger partial charge in [-0.25, -0.2) is 0 Å². The smallest absolute Gasteiger partial charge is 0.316 e. The summed E-state index contributed by atoms with van der Waals surface area (Å²) in [6, 6.07) is 0. The molecule has 0 aliphatic carbocycles. The normalized spacial score (nSPS) is 11.4. The second-order valence-electron chi connectivity index (χ2n) is 11.1. The van der Waals surface area contributed by atoms with Crippen LogP contribution in [0.25, 0.3) is 0 Å². The predicted octanol–water partition coefficient (Wildman–Crippen LogP) is 8.79. The SMILES string of the molecule is CCCCCCCCCCCCC(=O)OCC(C)(COC(=O)CCCCCCCCCCCC)C(=O)O. The van der Waals surface area contributed by atoms with Crippen LogP contribution in [-0.2, 0) is 23.9 Å². The predicted molar refractivity (Wildman–Crippen MR) is 151 cm³/mol. The van der Waals surface area contributed by atoms with E-state index >= 15 is 0 Å². The molecule has 0 aromatic heterocycles. The first-order valence-electron chi connectivity index (χ1n) is 15.4. The Morgan fingerprint density at radius 2 is 0.784 bits per heavy atom. The van der Waals surface area contributed by atoms with Crippen molar-refractivity contribution in [3.63, 3.8) is 0 Å². The lowest BCUT2D eigenvalue weighted by Crippen LogP contribution is -2.39. The van der Waals surface area contributed by atoms with Crippen molar-refractivity contribution in [2.24, 2.45) is 5.41 Å². The molecule has 218 valence electrons. The monoisotopic (exact) mass is 526 g/mol. The standard InChI is InChI=1S/C31H58O6/c1-4-6-8-10-12-14-16-18-20-22-24-28(32)36-26-31(3,30(34)35)27-37-29(33)25-23-21-19-17-15-13-11-9-7-5-2/h4-27H2,1-3H3,(H,34,35). The zero-order valence-electron chi connectivity index (χ0n) is 24.5. The van der Waals surface area contributed by atoms with Gasteiger partial charge in [0.05, 0.1) is 0 Å². The van der Waals surface area contributed by atoms with Crippen molar-refractivity contribution in [1.82, 2.24) is 0 Å². The number of carbonyl (C=O) groups excluding carboxylic acids is 2. The molecule has 0 radical (unpaired) electrons. The largest absolute Gasteiger partial charge is 0.481 e. The third-order valence-corrected chi connectivity index (χ3v) is 7.09. The molecule has 6 heteroatoms. The summed E-state index contributed by atoms with van der Waals surface area (Å²) in [5.74, 6) is -1.90. The van der Waals surface area contributed by atoms with Gasteiger partial charge in [-0.15, -0.1) is 0 Å². The van der Waals surface area contributed by atoms with E-state index in [1.807, 2.05) is 0 Å². The van der Waals surface area contributed by atoms with Gasteiger partial charge in [0.15, 0.2) is 0 Å². The Hall–Kier alpha value is -1.59. The summed E-state index contributed by atoms with van der Waals surface area (Å²) in [5.41, 5.74) is -1.43. The van der Waals surface area contributed by atoms with Gasteiger partial charge in [-0.2, -0.15) is 0 Å². The highest BCUT2D eigenvalue weighted by molar-refractivity contribution is 5.76. The van der Waals surface area contributed by atoms with Gasteiger partial charge < -0.3 is 14.6 Å². The lowest BCUT2D eigenvalue weighted by Gasteiger charge is -2.24. The van der Waals surface area contributed by atoms with Crippen molar-refractivity contribution >= 4 is 17.9 Å². The molecule has 0 saturated heterocycles. The van der Waals surface area contributed by atoms with Crippen molar-refractivity contribution in [2.45, 2.75) is 162 Å². The quantitative estimate of drug-likeness (QED) is 0.0849. The Labute approximate surface area is 227 Å². The summed E-state index contributed by atoms with van der Waals surface area (Å²) >= 11 is 0. The first-order valence-corrected chi connectivity index (χ1v) is 15.4. The fourth-order valence-electron chi connectivity index (χ4n) is 4.30. The van der Waals surface area contributed by atoms with Gasteiger partial charge in [0, 0.05) is 12.8 Å². The molecule has 0 atom stereocenters. The van der Waals surface area contributed by atoms with E-state index in [4.69, 9.17) is 9.47 Å². The summed E-state index contributed by atoms with van der Waals surface area (Å²) in [4.78, 5) is 35.9. The fourth-order valence-corrected chi connectivity index (χ4v) is 4.30. The lowest BCUT2D eigenvalue weighted by atomic mass is 9.93. The van der Waals surface area contributed by atoms with Crippen LogP contribution in [0.15, 0.2) is 0 Å². The van der Waals surface area contributed by atoms with Crippen LogP contribution in [0, 0.1) is 5.41 Å². The van der Waals surface area contributed by atoms with E-state index in [0.717, 1.165) is 38.5 Å². The molecular formula is C31H58O6. The number of carboxylic acid groups (broad SMARTS) is 1. The molecule has 0 rings (SSSR count). The highest BCUT2D eigenvalue weighted by Gasteiger charge is 2.36. The van der Waals surface area contributed by atoms with Gasteiger partial charge in [-0.3, -0.25) is 14.4 Å². The third-order valence-electron chi connectivity index (χ3n) is 7.09. The summed E-state index contributed by atoms with van der Waals surface area (Å²) in [7, 11) is 0. The number of hydrogen-bond acceptors (Lipinski definition) is 5. The number of ether oxygens (including phenoxy) is 2. The molecule has 0 aromatic carbocycles. The van der Waals surface area contributed by atoms with Gasteiger partial charge in [0.25, 0.3) is 0 Å².